The van der Waals surface area contributed by atoms with E-state index >= 15 is 0 Å². The minimum absolute atomic E-state index is 0.0512. The Morgan fingerprint density at radius 2 is 2.17 bits per heavy atom. The standard InChI is InChI=1S/C14H11N5O3S/c1-9-12(19(21)22)6-13(23-9)14(20)17-10-4-2-3-5-11(10)18-8-15-7-16-18/h2-8H,1H3,(H,17,20). The summed E-state index contributed by atoms with van der Waals surface area (Å²) in [6.45, 7) is 1.61. The highest BCUT2D eigenvalue weighted by molar-refractivity contribution is 7.14. The summed E-state index contributed by atoms with van der Waals surface area (Å²) in [5, 5.41) is 17.7. The molecular weight excluding hydrogens is 318 g/mol. The molecule has 0 unspecified atom stereocenters. The van der Waals surface area contributed by atoms with Gasteiger partial charge in [0, 0.05) is 6.07 Å². The van der Waals surface area contributed by atoms with Crippen molar-refractivity contribution in [1.82, 2.24) is 14.8 Å². The van der Waals surface area contributed by atoms with E-state index in [1.165, 1.54) is 23.4 Å². The maximum atomic E-state index is 12.4. The van der Waals surface area contributed by atoms with Crippen molar-refractivity contribution in [2.75, 3.05) is 5.32 Å². The molecule has 0 fully saturated rings. The van der Waals surface area contributed by atoms with E-state index in [1.807, 2.05) is 6.07 Å². The van der Waals surface area contributed by atoms with Gasteiger partial charge in [0.15, 0.2) is 0 Å². The van der Waals surface area contributed by atoms with Crippen LogP contribution in [-0.2, 0) is 0 Å². The number of hydrogen-bond donors (Lipinski definition) is 1. The summed E-state index contributed by atoms with van der Waals surface area (Å²) in [4.78, 5) is 27.4. The van der Waals surface area contributed by atoms with Crippen LogP contribution in [-0.4, -0.2) is 25.6 Å². The summed E-state index contributed by atoms with van der Waals surface area (Å²) in [6, 6.07) is 8.38. The van der Waals surface area contributed by atoms with Crippen molar-refractivity contribution in [3.05, 3.63) is 62.9 Å². The van der Waals surface area contributed by atoms with Gasteiger partial charge in [0.2, 0.25) is 0 Å². The Morgan fingerprint density at radius 1 is 1.39 bits per heavy atom. The van der Waals surface area contributed by atoms with Gasteiger partial charge in [-0.05, 0) is 19.1 Å². The van der Waals surface area contributed by atoms with E-state index in [4.69, 9.17) is 0 Å². The lowest BCUT2D eigenvalue weighted by molar-refractivity contribution is -0.385. The van der Waals surface area contributed by atoms with Crippen molar-refractivity contribution >= 4 is 28.6 Å². The van der Waals surface area contributed by atoms with Gasteiger partial charge in [-0.2, -0.15) is 5.10 Å². The van der Waals surface area contributed by atoms with Crippen molar-refractivity contribution in [1.29, 1.82) is 0 Å². The molecule has 3 aromatic rings. The van der Waals surface area contributed by atoms with Crippen LogP contribution < -0.4 is 5.32 Å². The summed E-state index contributed by atoms with van der Waals surface area (Å²) < 4.78 is 1.53. The number of anilines is 1. The van der Waals surface area contributed by atoms with Gasteiger partial charge in [0.05, 0.1) is 26.1 Å². The maximum Gasteiger partial charge on any atom is 0.283 e. The molecule has 0 saturated carbocycles. The Balaban J connectivity index is 1.89. The van der Waals surface area contributed by atoms with Crippen LogP contribution in [0.25, 0.3) is 5.69 Å². The van der Waals surface area contributed by atoms with Gasteiger partial charge in [0.1, 0.15) is 12.7 Å². The molecule has 0 aliphatic heterocycles. The van der Waals surface area contributed by atoms with Crippen LogP contribution in [0.15, 0.2) is 43.0 Å². The molecule has 0 bridgehead atoms. The van der Waals surface area contributed by atoms with Crippen LogP contribution in [0.4, 0.5) is 11.4 Å². The number of nitrogens with one attached hydrogen (secondary N) is 1. The molecule has 3 rings (SSSR count). The second kappa shape index (κ2) is 5.97. The molecule has 8 nitrogen and oxygen atoms in total. The number of thiophene rings is 1. The molecule has 0 aliphatic rings. The number of carbonyl (C=O) groups is 1. The third-order valence-corrected chi connectivity index (χ3v) is 4.17. The Labute approximate surface area is 134 Å². The van der Waals surface area contributed by atoms with Crippen LogP contribution in [0.5, 0.6) is 0 Å². The first-order valence-electron chi connectivity index (χ1n) is 6.56. The first kappa shape index (κ1) is 14.9. The van der Waals surface area contributed by atoms with Gasteiger partial charge in [-0.1, -0.05) is 12.1 Å². The third-order valence-electron chi connectivity index (χ3n) is 3.13. The SMILES string of the molecule is Cc1sc(C(=O)Nc2ccccc2-n2cncn2)cc1[N+](=O)[O-]. The van der Waals surface area contributed by atoms with Crippen LogP contribution in [0.1, 0.15) is 14.5 Å². The molecule has 2 aromatic heterocycles. The number of carbonyl (C=O) groups excluding carboxylic acids is 1. The second-order valence-electron chi connectivity index (χ2n) is 4.62. The first-order chi connectivity index (χ1) is 11.1. The zero-order valence-electron chi connectivity index (χ0n) is 12.0. The number of amides is 1. The van der Waals surface area contributed by atoms with Gasteiger partial charge >= 0.3 is 0 Å². The number of para-hydroxylation sites is 2. The molecule has 0 radical (unpaired) electrons. The van der Waals surface area contributed by atoms with E-state index in [0.717, 1.165) is 11.3 Å². The largest absolute Gasteiger partial charge is 0.319 e. The maximum absolute atomic E-state index is 12.4. The lowest BCUT2D eigenvalue weighted by Gasteiger charge is -2.09. The molecule has 0 aliphatic carbocycles. The summed E-state index contributed by atoms with van der Waals surface area (Å²) in [5.41, 5.74) is 1.14. The van der Waals surface area contributed by atoms with Crippen LogP contribution in [0, 0.1) is 17.0 Å². The quantitative estimate of drug-likeness (QED) is 0.585. The number of rotatable bonds is 4. The predicted molar refractivity (Wildman–Crippen MR) is 85.0 cm³/mol. The number of nitro groups is 1. The Bertz CT molecular complexity index is 872. The van der Waals surface area contributed by atoms with Gasteiger partial charge in [-0.15, -0.1) is 11.3 Å². The van der Waals surface area contributed by atoms with Crippen LogP contribution in [0.3, 0.4) is 0 Å². The number of aryl methyl sites for hydroxylation is 1. The van der Waals surface area contributed by atoms with Gasteiger partial charge in [-0.25, -0.2) is 9.67 Å². The van der Waals surface area contributed by atoms with E-state index < -0.39 is 10.8 Å². The average Bonchev–Trinajstić information content (AvgIpc) is 3.17. The first-order valence-corrected chi connectivity index (χ1v) is 7.38. The van der Waals surface area contributed by atoms with Crippen molar-refractivity contribution in [2.24, 2.45) is 0 Å². The van der Waals surface area contributed by atoms with Gasteiger partial charge in [-0.3, -0.25) is 14.9 Å². The van der Waals surface area contributed by atoms with E-state index in [1.54, 1.807) is 25.1 Å². The van der Waals surface area contributed by atoms with E-state index in [0.29, 0.717) is 16.3 Å². The summed E-state index contributed by atoms with van der Waals surface area (Å²) in [6.07, 6.45) is 2.91. The third kappa shape index (κ3) is 2.94. The Hall–Kier alpha value is -3.07. The molecule has 0 spiro atoms. The smallest absolute Gasteiger partial charge is 0.283 e. The molecule has 0 atom stereocenters. The predicted octanol–water partition coefficient (Wildman–Crippen LogP) is 2.80. The minimum atomic E-state index is -0.494. The molecule has 9 heteroatoms. The minimum Gasteiger partial charge on any atom is -0.319 e. The highest BCUT2D eigenvalue weighted by atomic mass is 32.1. The van der Waals surface area contributed by atoms with Crippen LogP contribution >= 0.6 is 11.3 Å². The highest BCUT2D eigenvalue weighted by Gasteiger charge is 2.20. The highest BCUT2D eigenvalue weighted by Crippen LogP contribution is 2.29. The monoisotopic (exact) mass is 329 g/mol. The van der Waals surface area contributed by atoms with Crippen molar-refractivity contribution in [2.45, 2.75) is 6.92 Å². The Morgan fingerprint density at radius 3 is 2.83 bits per heavy atom. The van der Waals surface area contributed by atoms with E-state index in [9.17, 15) is 14.9 Å². The van der Waals surface area contributed by atoms with Crippen LogP contribution in [0.2, 0.25) is 0 Å². The molecule has 2 heterocycles. The molecule has 116 valence electrons. The molecule has 1 N–H and O–H groups in total. The summed E-state index contributed by atoms with van der Waals surface area (Å²) in [5.74, 6) is -0.404. The fraction of sp³-hybridized carbons (Fsp3) is 0.0714. The molecular formula is C14H11N5O3S. The second-order valence-corrected chi connectivity index (χ2v) is 5.88. The van der Waals surface area contributed by atoms with E-state index in [2.05, 4.69) is 15.4 Å². The van der Waals surface area contributed by atoms with E-state index in [-0.39, 0.29) is 10.6 Å². The number of nitrogens with zero attached hydrogens (tertiary/aromatic N) is 4. The summed E-state index contributed by atoms with van der Waals surface area (Å²) in [7, 11) is 0. The molecule has 0 saturated heterocycles. The zero-order valence-corrected chi connectivity index (χ0v) is 12.8. The number of hydrogen-bond acceptors (Lipinski definition) is 6. The Kier molecular flexibility index (Phi) is 3.85. The fourth-order valence-electron chi connectivity index (χ4n) is 2.06. The number of benzene rings is 1. The average molecular weight is 329 g/mol. The normalized spacial score (nSPS) is 10.5. The molecule has 1 amide bonds. The lowest BCUT2D eigenvalue weighted by Crippen LogP contribution is -2.12. The van der Waals surface area contributed by atoms with Crippen molar-refractivity contribution < 1.29 is 9.72 Å². The fourth-order valence-corrected chi connectivity index (χ4v) is 2.94. The number of aromatic nitrogens is 3. The topological polar surface area (TPSA) is 103 Å². The van der Waals surface area contributed by atoms with Crippen molar-refractivity contribution in [3.63, 3.8) is 0 Å². The molecule has 1 aromatic carbocycles. The van der Waals surface area contributed by atoms with Gasteiger partial charge in [0.25, 0.3) is 11.6 Å². The van der Waals surface area contributed by atoms with Crippen molar-refractivity contribution in [3.8, 4) is 5.69 Å². The lowest BCUT2D eigenvalue weighted by atomic mass is 10.2. The summed E-state index contributed by atoms with van der Waals surface area (Å²) >= 11 is 1.08. The van der Waals surface area contributed by atoms with Gasteiger partial charge < -0.3 is 5.32 Å². The molecule has 23 heavy (non-hydrogen) atoms. The zero-order chi connectivity index (χ0) is 16.4.